The molecule has 150 valence electrons. The van der Waals surface area contributed by atoms with Gasteiger partial charge in [-0.25, -0.2) is 0 Å². The Morgan fingerprint density at radius 1 is 0.897 bits per heavy atom. The Morgan fingerprint density at radius 3 is 2.14 bits per heavy atom. The zero-order valence-electron chi connectivity index (χ0n) is 15.9. The number of anilines is 1. The topological polar surface area (TPSA) is 66.8 Å². The number of fused-ring (bicyclic) bond motifs is 2. The van der Waals surface area contributed by atoms with Crippen molar-refractivity contribution in [3.05, 3.63) is 62.9 Å². The predicted octanol–water partition coefficient (Wildman–Crippen LogP) is 5.41. The molecule has 0 saturated carbocycles. The fourth-order valence-corrected chi connectivity index (χ4v) is 3.58. The molecule has 0 unspecified atom stereocenters. The van der Waals surface area contributed by atoms with Gasteiger partial charge in [0, 0.05) is 43.6 Å². The van der Waals surface area contributed by atoms with Gasteiger partial charge in [0.25, 0.3) is 0 Å². The lowest BCUT2D eigenvalue weighted by molar-refractivity contribution is 0.425. The smallest absolute Gasteiger partial charge is 0.159 e. The van der Waals surface area contributed by atoms with E-state index in [2.05, 4.69) is 62.5 Å². The molecule has 4 rings (SSSR count). The first-order chi connectivity index (χ1) is 13.9. The molecule has 0 atom stereocenters. The molecule has 0 amide bonds. The Hall–Kier alpha value is -1.87. The van der Waals surface area contributed by atoms with Crippen LogP contribution in [0.25, 0.3) is 21.5 Å². The SMILES string of the molecule is CN(C)CCNc1nncc2cc(Br)ccc12.Clc1nncc2cc(Br)ccc12. The first-order valence-corrected chi connectivity index (χ1v) is 10.8. The van der Waals surface area contributed by atoms with Gasteiger partial charge < -0.3 is 10.2 Å². The van der Waals surface area contributed by atoms with E-state index in [9.17, 15) is 0 Å². The molecule has 0 saturated heterocycles. The van der Waals surface area contributed by atoms with Crippen molar-refractivity contribution < 1.29 is 0 Å². The molecule has 0 radical (unpaired) electrons. The highest BCUT2D eigenvalue weighted by molar-refractivity contribution is 9.10. The minimum atomic E-state index is 0.444. The van der Waals surface area contributed by atoms with Gasteiger partial charge in [0.2, 0.25) is 0 Å². The Morgan fingerprint density at radius 2 is 1.48 bits per heavy atom. The second kappa shape index (κ2) is 10.2. The van der Waals surface area contributed by atoms with E-state index in [0.29, 0.717) is 5.15 Å². The quantitative estimate of drug-likeness (QED) is 0.375. The lowest BCUT2D eigenvalue weighted by Crippen LogP contribution is -2.21. The van der Waals surface area contributed by atoms with E-state index in [4.69, 9.17) is 11.6 Å². The Kier molecular flexibility index (Phi) is 7.71. The summed E-state index contributed by atoms with van der Waals surface area (Å²) in [5, 5.41) is 23.5. The lowest BCUT2D eigenvalue weighted by atomic mass is 10.2. The number of nitrogens with zero attached hydrogens (tertiary/aromatic N) is 5. The highest BCUT2D eigenvalue weighted by Gasteiger charge is 2.03. The molecule has 0 fully saturated rings. The molecule has 2 aromatic carbocycles. The third-order valence-electron chi connectivity index (χ3n) is 4.05. The molecule has 0 aliphatic heterocycles. The van der Waals surface area contributed by atoms with Crippen LogP contribution in [0.4, 0.5) is 5.82 Å². The summed E-state index contributed by atoms with van der Waals surface area (Å²) < 4.78 is 2.07. The molecule has 0 aliphatic carbocycles. The summed E-state index contributed by atoms with van der Waals surface area (Å²) in [5.74, 6) is 0.844. The summed E-state index contributed by atoms with van der Waals surface area (Å²) in [5.41, 5.74) is 0. The minimum absolute atomic E-state index is 0.444. The van der Waals surface area contributed by atoms with Gasteiger partial charge in [0.1, 0.15) is 0 Å². The van der Waals surface area contributed by atoms with E-state index in [0.717, 1.165) is 49.4 Å². The van der Waals surface area contributed by atoms with Gasteiger partial charge in [-0.2, -0.15) is 10.2 Å². The summed E-state index contributed by atoms with van der Waals surface area (Å²) in [6, 6.07) is 11.9. The third kappa shape index (κ3) is 6.05. The average molecular weight is 539 g/mol. The molecule has 2 heterocycles. The van der Waals surface area contributed by atoms with E-state index < -0.39 is 0 Å². The van der Waals surface area contributed by atoms with Gasteiger partial charge in [-0.15, -0.1) is 10.2 Å². The molecule has 0 spiro atoms. The van der Waals surface area contributed by atoms with Crippen molar-refractivity contribution in [1.82, 2.24) is 25.3 Å². The van der Waals surface area contributed by atoms with Crippen molar-refractivity contribution in [2.24, 2.45) is 0 Å². The van der Waals surface area contributed by atoms with Crippen LogP contribution in [0.15, 0.2) is 57.7 Å². The van der Waals surface area contributed by atoms with Crippen molar-refractivity contribution in [2.45, 2.75) is 0 Å². The number of hydrogen-bond acceptors (Lipinski definition) is 6. The zero-order chi connectivity index (χ0) is 20.8. The molecule has 0 bridgehead atoms. The number of rotatable bonds is 4. The maximum Gasteiger partial charge on any atom is 0.159 e. The van der Waals surface area contributed by atoms with Crippen molar-refractivity contribution in [3.63, 3.8) is 0 Å². The number of aromatic nitrogens is 4. The van der Waals surface area contributed by atoms with E-state index in [1.165, 1.54) is 0 Å². The normalized spacial score (nSPS) is 10.8. The molecular formula is C20H19Br2ClN6. The van der Waals surface area contributed by atoms with Crippen LogP contribution in [0.2, 0.25) is 5.15 Å². The van der Waals surface area contributed by atoms with Crippen LogP contribution in [-0.2, 0) is 0 Å². The summed E-state index contributed by atoms with van der Waals surface area (Å²) in [7, 11) is 4.10. The standard InChI is InChI=1S/C12H15BrN4.C8H4BrClN2/c1-17(2)6-5-14-12-11-4-3-10(13)7-9(11)8-15-16-12;9-6-1-2-7-5(3-6)4-11-12-8(7)10/h3-4,7-8H,5-6H2,1-2H3,(H,14,16);1-4H. The Balaban J connectivity index is 0.000000176. The third-order valence-corrected chi connectivity index (χ3v) is 5.32. The largest absolute Gasteiger partial charge is 0.367 e. The maximum absolute atomic E-state index is 5.82. The highest BCUT2D eigenvalue weighted by Crippen LogP contribution is 2.24. The number of likely N-dealkylation sites (N-methyl/N-ethyl adjacent to an activating group) is 1. The van der Waals surface area contributed by atoms with Crippen LogP contribution in [-0.4, -0.2) is 52.5 Å². The van der Waals surface area contributed by atoms with E-state index in [1.54, 1.807) is 12.4 Å². The molecule has 6 nitrogen and oxygen atoms in total. The average Bonchev–Trinajstić information content (AvgIpc) is 2.68. The lowest BCUT2D eigenvalue weighted by Gasteiger charge is -2.11. The number of nitrogens with one attached hydrogen (secondary N) is 1. The van der Waals surface area contributed by atoms with Gasteiger partial charge in [0.15, 0.2) is 11.0 Å². The fraction of sp³-hybridized carbons (Fsp3) is 0.200. The number of benzene rings is 2. The molecule has 4 aromatic rings. The first-order valence-electron chi connectivity index (χ1n) is 8.80. The fourth-order valence-electron chi connectivity index (χ4n) is 2.61. The van der Waals surface area contributed by atoms with Crippen LogP contribution in [0, 0.1) is 0 Å². The second-order valence-corrected chi connectivity index (χ2v) is 8.71. The number of halogens is 3. The Labute approximate surface area is 190 Å². The monoisotopic (exact) mass is 536 g/mol. The van der Waals surface area contributed by atoms with Gasteiger partial charge in [0.05, 0.1) is 12.4 Å². The zero-order valence-corrected chi connectivity index (χ0v) is 19.8. The first kappa shape index (κ1) is 21.8. The van der Waals surface area contributed by atoms with Crippen LogP contribution in [0.1, 0.15) is 0 Å². The molecule has 2 aromatic heterocycles. The van der Waals surface area contributed by atoms with Gasteiger partial charge in [-0.3, -0.25) is 0 Å². The molecular weight excluding hydrogens is 520 g/mol. The summed E-state index contributed by atoms with van der Waals surface area (Å²) in [6.45, 7) is 1.82. The van der Waals surface area contributed by atoms with E-state index in [-0.39, 0.29) is 0 Å². The maximum atomic E-state index is 5.82. The van der Waals surface area contributed by atoms with E-state index >= 15 is 0 Å². The van der Waals surface area contributed by atoms with Crippen LogP contribution < -0.4 is 5.32 Å². The van der Waals surface area contributed by atoms with E-state index in [1.807, 2.05) is 50.5 Å². The van der Waals surface area contributed by atoms with Crippen LogP contribution in [0.3, 0.4) is 0 Å². The highest BCUT2D eigenvalue weighted by atomic mass is 79.9. The summed E-state index contributed by atoms with van der Waals surface area (Å²) in [4.78, 5) is 2.13. The van der Waals surface area contributed by atoms with Crippen molar-refractivity contribution in [1.29, 1.82) is 0 Å². The molecule has 29 heavy (non-hydrogen) atoms. The van der Waals surface area contributed by atoms with Gasteiger partial charge in [-0.05, 0) is 44.4 Å². The van der Waals surface area contributed by atoms with Crippen LogP contribution in [0.5, 0.6) is 0 Å². The second-order valence-electron chi connectivity index (χ2n) is 6.52. The van der Waals surface area contributed by atoms with Crippen molar-refractivity contribution >= 4 is 70.8 Å². The molecule has 9 heteroatoms. The predicted molar refractivity (Wildman–Crippen MR) is 127 cm³/mol. The molecule has 1 N–H and O–H groups in total. The Bertz CT molecular complexity index is 1120. The summed E-state index contributed by atoms with van der Waals surface area (Å²) in [6.07, 6.45) is 3.46. The van der Waals surface area contributed by atoms with Gasteiger partial charge >= 0.3 is 0 Å². The van der Waals surface area contributed by atoms with Crippen LogP contribution >= 0.6 is 43.5 Å². The van der Waals surface area contributed by atoms with Gasteiger partial charge in [-0.1, -0.05) is 49.5 Å². The van der Waals surface area contributed by atoms with Crippen molar-refractivity contribution in [2.75, 3.05) is 32.5 Å². The van der Waals surface area contributed by atoms with Crippen molar-refractivity contribution in [3.8, 4) is 0 Å². The molecule has 0 aliphatic rings. The number of hydrogen-bond donors (Lipinski definition) is 1. The minimum Gasteiger partial charge on any atom is -0.367 e. The summed E-state index contributed by atoms with van der Waals surface area (Å²) >= 11 is 12.6.